The molecule has 39 heavy (non-hydrogen) atoms. The van der Waals surface area contributed by atoms with Crippen molar-refractivity contribution < 1.29 is 19.2 Å². The maximum Gasteiger partial charge on any atom is 0.249 e. The quantitative estimate of drug-likeness (QED) is 0.483. The lowest BCUT2D eigenvalue weighted by Gasteiger charge is -2.46. The molecule has 3 aliphatic rings. The Kier molecular flexibility index (Phi) is 5.94. The predicted octanol–water partition coefficient (Wildman–Crippen LogP) is 3.61. The van der Waals surface area contributed by atoms with Crippen molar-refractivity contribution in [2.24, 2.45) is 11.8 Å². The van der Waals surface area contributed by atoms with Gasteiger partial charge in [0.1, 0.15) is 12.1 Å². The van der Waals surface area contributed by atoms with Crippen molar-refractivity contribution in [3.63, 3.8) is 0 Å². The van der Waals surface area contributed by atoms with Crippen LogP contribution in [-0.2, 0) is 25.7 Å². The second-order valence-corrected chi connectivity index (χ2v) is 10.6. The first-order valence-electron chi connectivity index (χ1n) is 13.1. The van der Waals surface area contributed by atoms with Crippen LogP contribution in [0, 0.1) is 11.8 Å². The highest BCUT2D eigenvalue weighted by molar-refractivity contribution is 6.12. The molecule has 3 aliphatic heterocycles. The number of amides is 4. The number of piperazine rings is 1. The average Bonchev–Trinajstić information content (AvgIpc) is 3.36. The molecule has 3 heterocycles. The number of imide groups is 1. The molecule has 3 aromatic carbocycles. The van der Waals surface area contributed by atoms with Crippen LogP contribution in [0.3, 0.4) is 0 Å². The van der Waals surface area contributed by atoms with Gasteiger partial charge in [0, 0.05) is 13.6 Å². The number of carbonyl (C=O) groups is 4. The van der Waals surface area contributed by atoms with Gasteiger partial charge in [-0.25, -0.2) is 0 Å². The molecular weight excluding hydrogens is 490 g/mol. The summed E-state index contributed by atoms with van der Waals surface area (Å²) in [5, 5.41) is 0. The standard InChI is InChI=1S/C32H29N3O4/c1-32-28-27(29(37)33(2)30(28)38)25(18-15-21-9-5-3-6-10-21)35(32)26(36)20-34(31(32)39)19-22-13-16-24(17-14-22)23-11-7-4-8-12-23/h3-18,25,27-28H,19-20H2,1-2H3/t25?,27?,28?,32-/m1/s1. The van der Waals surface area contributed by atoms with Crippen LogP contribution in [0.2, 0.25) is 0 Å². The predicted molar refractivity (Wildman–Crippen MR) is 147 cm³/mol. The molecule has 4 atom stereocenters. The number of benzene rings is 3. The van der Waals surface area contributed by atoms with Crippen LogP contribution in [0.1, 0.15) is 18.1 Å². The zero-order valence-electron chi connectivity index (χ0n) is 21.9. The van der Waals surface area contributed by atoms with Crippen molar-refractivity contribution in [1.29, 1.82) is 0 Å². The van der Waals surface area contributed by atoms with Crippen LogP contribution >= 0.6 is 0 Å². The minimum absolute atomic E-state index is 0.109. The molecule has 3 saturated heterocycles. The Balaban J connectivity index is 1.32. The number of nitrogens with zero attached hydrogens (tertiary/aromatic N) is 3. The number of carbonyl (C=O) groups excluding carboxylic acids is 4. The Bertz CT molecular complexity index is 1480. The molecule has 0 aliphatic carbocycles. The van der Waals surface area contributed by atoms with Gasteiger partial charge in [-0.1, -0.05) is 97.1 Å². The lowest BCUT2D eigenvalue weighted by molar-refractivity contribution is -0.167. The van der Waals surface area contributed by atoms with E-state index in [1.807, 2.05) is 91.0 Å². The third-order valence-electron chi connectivity index (χ3n) is 8.38. The number of fused-ring (bicyclic) bond motifs is 3. The molecule has 0 radical (unpaired) electrons. The van der Waals surface area contributed by atoms with E-state index in [1.165, 1.54) is 16.8 Å². The summed E-state index contributed by atoms with van der Waals surface area (Å²) >= 11 is 0. The Hall–Kier alpha value is -4.52. The molecule has 7 heteroatoms. The summed E-state index contributed by atoms with van der Waals surface area (Å²) in [6, 6.07) is 26.8. The fraction of sp³-hybridized carbons (Fsp3) is 0.250. The minimum Gasteiger partial charge on any atom is -0.327 e. The summed E-state index contributed by atoms with van der Waals surface area (Å²) in [4.78, 5) is 58.5. The third kappa shape index (κ3) is 3.88. The fourth-order valence-electron chi connectivity index (χ4n) is 6.44. The molecule has 0 saturated carbocycles. The highest BCUT2D eigenvalue weighted by atomic mass is 16.2. The summed E-state index contributed by atoms with van der Waals surface area (Å²) in [5.41, 5.74) is 2.49. The first kappa shape index (κ1) is 24.8. The van der Waals surface area contributed by atoms with Crippen LogP contribution in [0.5, 0.6) is 0 Å². The molecule has 3 fully saturated rings. The Morgan fingerprint density at radius 3 is 2.10 bits per heavy atom. The molecule has 196 valence electrons. The summed E-state index contributed by atoms with van der Waals surface area (Å²) < 4.78 is 0. The van der Waals surface area contributed by atoms with Gasteiger partial charge in [0.15, 0.2) is 0 Å². The van der Waals surface area contributed by atoms with E-state index in [1.54, 1.807) is 13.0 Å². The van der Waals surface area contributed by atoms with Gasteiger partial charge in [-0.05, 0) is 29.2 Å². The maximum absolute atomic E-state index is 14.1. The van der Waals surface area contributed by atoms with E-state index in [4.69, 9.17) is 0 Å². The topological polar surface area (TPSA) is 78.0 Å². The van der Waals surface area contributed by atoms with Gasteiger partial charge in [0.25, 0.3) is 0 Å². The molecule has 0 N–H and O–H groups in total. The monoisotopic (exact) mass is 519 g/mol. The Labute approximate surface area is 227 Å². The summed E-state index contributed by atoms with van der Waals surface area (Å²) in [6.07, 6.45) is 3.65. The summed E-state index contributed by atoms with van der Waals surface area (Å²) in [5.74, 6) is -3.07. The lowest BCUT2D eigenvalue weighted by atomic mass is 9.79. The maximum atomic E-state index is 14.1. The molecule has 0 bridgehead atoms. The zero-order chi connectivity index (χ0) is 27.3. The van der Waals surface area contributed by atoms with Crippen LogP contribution < -0.4 is 0 Å². The van der Waals surface area contributed by atoms with Crippen molar-refractivity contribution in [3.8, 4) is 11.1 Å². The van der Waals surface area contributed by atoms with Gasteiger partial charge in [0.05, 0.1) is 17.9 Å². The van der Waals surface area contributed by atoms with Crippen molar-refractivity contribution in [3.05, 3.63) is 102 Å². The Morgan fingerprint density at radius 2 is 1.44 bits per heavy atom. The largest absolute Gasteiger partial charge is 0.327 e. The van der Waals surface area contributed by atoms with Crippen molar-refractivity contribution in [2.45, 2.75) is 25.0 Å². The van der Waals surface area contributed by atoms with Gasteiger partial charge in [0.2, 0.25) is 23.6 Å². The van der Waals surface area contributed by atoms with E-state index >= 15 is 0 Å². The normalized spacial score (nSPS) is 26.5. The Morgan fingerprint density at radius 1 is 0.821 bits per heavy atom. The first-order valence-corrected chi connectivity index (χ1v) is 13.1. The fourth-order valence-corrected chi connectivity index (χ4v) is 6.44. The smallest absolute Gasteiger partial charge is 0.249 e. The van der Waals surface area contributed by atoms with Crippen LogP contribution in [0.15, 0.2) is 91.0 Å². The van der Waals surface area contributed by atoms with E-state index in [9.17, 15) is 19.2 Å². The molecular formula is C32H29N3O4. The van der Waals surface area contributed by atoms with Gasteiger partial charge in [-0.2, -0.15) is 0 Å². The molecule has 0 spiro atoms. The number of hydrogen-bond donors (Lipinski definition) is 0. The van der Waals surface area contributed by atoms with Crippen molar-refractivity contribution in [2.75, 3.05) is 13.6 Å². The highest BCUT2D eigenvalue weighted by Crippen LogP contribution is 2.51. The van der Waals surface area contributed by atoms with Gasteiger partial charge < -0.3 is 9.80 Å². The number of likely N-dealkylation sites (tertiary alicyclic amines) is 1. The summed E-state index contributed by atoms with van der Waals surface area (Å²) in [6.45, 7) is 1.78. The van der Waals surface area contributed by atoms with Crippen molar-refractivity contribution in [1.82, 2.24) is 14.7 Å². The molecule has 4 amide bonds. The summed E-state index contributed by atoms with van der Waals surface area (Å²) in [7, 11) is 1.45. The number of hydrogen-bond acceptors (Lipinski definition) is 4. The SMILES string of the molecule is CN1C(=O)C2C(C=Cc3ccccc3)N3C(=O)CN(Cc4ccc(-c5ccccc5)cc4)C(=O)[C@@]3(C)C2C1=O. The number of rotatable bonds is 5. The zero-order valence-corrected chi connectivity index (χ0v) is 21.9. The van der Waals surface area contributed by atoms with E-state index in [-0.39, 0.29) is 30.8 Å². The van der Waals surface area contributed by atoms with Crippen molar-refractivity contribution >= 4 is 29.7 Å². The molecule has 3 unspecified atom stereocenters. The first-order chi connectivity index (χ1) is 18.8. The average molecular weight is 520 g/mol. The van der Waals surface area contributed by atoms with Crippen LogP contribution in [0.4, 0.5) is 0 Å². The van der Waals surface area contributed by atoms with Gasteiger partial charge >= 0.3 is 0 Å². The molecule has 0 aromatic heterocycles. The van der Waals surface area contributed by atoms with E-state index in [0.29, 0.717) is 0 Å². The second kappa shape index (κ2) is 9.34. The molecule has 6 rings (SSSR count). The van der Waals surface area contributed by atoms with Gasteiger partial charge in [-0.15, -0.1) is 0 Å². The van der Waals surface area contributed by atoms with E-state index < -0.39 is 29.3 Å². The van der Waals surface area contributed by atoms with Gasteiger partial charge in [-0.3, -0.25) is 24.1 Å². The second-order valence-electron chi connectivity index (χ2n) is 10.6. The van der Waals surface area contributed by atoms with Crippen LogP contribution in [-0.4, -0.2) is 63.5 Å². The highest BCUT2D eigenvalue weighted by Gasteiger charge is 2.71. The lowest BCUT2D eigenvalue weighted by Crippen LogP contribution is -2.68. The van der Waals surface area contributed by atoms with E-state index in [2.05, 4.69) is 0 Å². The molecule has 7 nitrogen and oxygen atoms in total. The van der Waals surface area contributed by atoms with Crippen LogP contribution in [0.25, 0.3) is 17.2 Å². The third-order valence-corrected chi connectivity index (χ3v) is 8.38. The minimum atomic E-state index is -1.45. The van der Waals surface area contributed by atoms with E-state index in [0.717, 1.165) is 27.2 Å². The molecule has 3 aromatic rings.